The molecule has 0 aliphatic carbocycles. The minimum atomic E-state index is -0.482. The zero-order valence-electron chi connectivity index (χ0n) is 10.4. The molecule has 0 amide bonds. The molecule has 0 radical (unpaired) electrons. The van der Waals surface area contributed by atoms with Crippen molar-refractivity contribution in [2.45, 2.75) is 13.5 Å². The van der Waals surface area contributed by atoms with Gasteiger partial charge in [-0.2, -0.15) is 0 Å². The summed E-state index contributed by atoms with van der Waals surface area (Å²) in [5, 5.41) is 11.0. The normalized spacial score (nSPS) is 16.7. The number of hydrogen-bond acceptors (Lipinski definition) is 7. The van der Waals surface area contributed by atoms with E-state index in [-0.39, 0.29) is 5.82 Å². The Bertz CT molecular complexity index is 389. The zero-order valence-corrected chi connectivity index (χ0v) is 10.4. The minimum absolute atomic E-state index is 0.158. The van der Waals surface area contributed by atoms with Gasteiger partial charge in [-0.3, -0.25) is 4.90 Å². The summed E-state index contributed by atoms with van der Waals surface area (Å²) >= 11 is 0. The van der Waals surface area contributed by atoms with Crippen molar-refractivity contribution in [3.63, 3.8) is 0 Å². The fourth-order valence-electron chi connectivity index (χ4n) is 1.76. The Hall–Kier alpha value is -1.54. The van der Waals surface area contributed by atoms with E-state index in [0.29, 0.717) is 13.2 Å². The molecule has 8 nitrogen and oxygen atoms in total. The zero-order chi connectivity index (χ0) is 12.8. The van der Waals surface area contributed by atoms with Crippen LogP contribution < -0.4 is 0 Å². The number of tetrazole rings is 1. The van der Waals surface area contributed by atoms with Gasteiger partial charge in [-0.1, -0.05) is 0 Å². The van der Waals surface area contributed by atoms with E-state index in [0.717, 1.165) is 32.8 Å². The van der Waals surface area contributed by atoms with Gasteiger partial charge in [0.1, 0.15) is 0 Å². The third kappa shape index (κ3) is 3.23. The van der Waals surface area contributed by atoms with Crippen LogP contribution in [-0.2, 0) is 16.0 Å². The average molecular weight is 255 g/mol. The van der Waals surface area contributed by atoms with Crippen molar-refractivity contribution in [2.75, 3.05) is 39.5 Å². The third-order valence-electron chi connectivity index (χ3n) is 2.72. The van der Waals surface area contributed by atoms with Crippen LogP contribution in [0.4, 0.5) is 0 Å². The molecule has 8 heteroatoms. The van der Waals surface area contributed by atoms with E-state index in [1.807, 2.05) is 0 Å². The van der Waals surface area contributed by atoms with Crippen molar-refractivity contribution >= 4 is 5.97 Å². The Balaban J connectivity index is 1.88. The lowest BCUT2D eigenvalue weighted by molar-refractivity contribution is 0.0351. The van der Waals surface area contributed by atoms with E-state index in [9.17, 15) is 4.79 Å². The van der Waals surface area contributed by atoms with Crippen LogP contribution in [0.1, 0.15) is 17.5 Å². The van der Waals surface area contributed by atoms with Crippen LogP contribution in [0.25, 0.3) is 0 Å². The molecule has 0 N–H and O–H groups in total. The molecule has 0 spiro atoms. The third-order valence-corrected chi connectivity index (χ3v) is 2.72. The Morgan fingerprint density at radius 3 is 2.89 bits per heavy atom. The molecule has 0 unspecified atom stereocenters. The minimum Gasteiger partial charge on any atom is -0.460 e. The van der Waals surface area contributed by atoms with Crippen LogP contribution in [0.5, 0.6) is 0 Å². The molecule has 2 heterocycles. The lowest BCUT2D eigenvalue weighted by Gasteiger charge is -2.26. The number of esters is 1. The highest BCUT2D eigenvalue weighted by atomic mass is 16.5. The largest absolute Gasteiger partial charge is 0.460 e. The summed E-state index contributed by atoms with van der Waals surface area (Å²) in [4.78, 5) is 13.8. The summed E-state index contributed by atoms with van der Waals surface area (Å²) in [6, 6.07) is 0. The molecule has 100 valence electrons. The summed E-state index contributed by atoms with van der Waals surface area (Å²) in [5.74, 6) is -0.324. The molecule has 1 saturated heterocycles. The molecular formula is C10H17N5O3. The highest BCUT2D eigenvalue weighted by Crippen LogP contribution is 2.00. The molecule has 1 aromatic heterocycles. The number of morpholine rings is 1. The second kappa shape index (κ2) is 6.41. The molecule has 0 bridgehead atoms. The molecule has 0 atom stereocenters. The number of carbonyl (C=O) groups excluding carboxylic acids is 1. The van der Waals surface area contributed by atoms with Crippen molar-refractivity contribution in [1.82, 2.24) is 25.1 Å². The fraction of sp³-hybridized carbons (Fsp3) is 0.800. The SMILES string of the molecule is CCOC(=O)c1nnnn1CCN1CCOCC1. The number of rotatable bonds is 5. The first-order valence-corrected chi connectivity index (χ1v) is 6.04. The van der Waals surface area contributed by atoms with Gasteiger partial charge in [-0.15, -0.1) is 5.10 Å². The lowest BCUT2D eigenvalue weighted by atomic mass is 10.4. The van der Waals surface area contributed by atoms with Gasteiger partial charge < -0.3 is 9.47 Å². The second-order valence-electron chi connectivity index (χ2n) is 3.90. The topological polar surface area (TPSA) is 82.4 Å². The van der Waals surface area contributed by atoms with Gasteiger partial charge in [-0.25, -0.2) is 9.48 Å². The Morgan fingerprint density at radius 1 is 1.39 bits per heavy atom. The predicted octanol–water partition coefficient (Wildman–Crippen LogP) is -0.818. The molecule has 18 heavy (non-hydrogen) atoms. The second-order valence-corrected chi connectivity index (χ2v) is 3.90. The molecule has 1 aliphatic rings. The van der Waals surface area contributed by atoms with Crippen LogP contribution in [0.15, 0.2) is 0 Å². The van der Waals surface area contributed by atoms with Gasteiger partial charge in [0.25, 0.3) is 5.82 Å². The van der Waals surface area contributed by atoms with E-state index >= 15 is 0 Å². The summed E-state index contributed by atoms with van der Waals surface area (Å²) in [7, 11) is 0. The van der Waals surface area contributed by atoms with Crippen LogP contribution >= 0.6 is 0 Å². The van der Waals surface area contributed by atoms with Gasteiger partial charge in [0.2, 0.25) is 0 Å². The van der Waals surface area contributed by atoms with E-state index in [4.69, 9.17) is 9.47 Å². The van der Waals surface area contributed by atoms with Crippen molar-refractivity contribution in [2.24, 2.45) is 0 Å². The monoisotopic (exact) mass is 255 g/mol. The van der Waals surface area contributed by atoms with Crippen LogP contribution in [0.2, 0.25) is 0 Å². The van der Waals surface area contributed by atoms with E-state index in [2.05, 4.69) is 20.4 Å². The maximum Gasteiger partial charge on any atom is 0.378 e. The highest BCUT2D eigenvalue weighted by molar-refractivity contribution is 5.85. The standard InChI is InChI=1S/C10H17N5O3/c1-2-18-10(16)9-11-12-13-15(9)4-3-14-5-7-17-8-6-14/h2-8H2,1H3. The van der Waals surface area contributed by atoms with Gasteiger partial charge in [0.15, 0.2) is 0 Å². The van der Waals surface area contributed by atoms with Crippen LogP contribution in [0, 0.1) is 0 Å². The summed E-state index contributed by atoms with van der Waals surface area (Å²) in [6.07, 6.45) is 0. The first kappa shape index (κ1) is 12.9. The Kier molecular flexibility index (Phi) is 4.59. The smallest absolute Gasteiger partial charge is 0.378 e. The van der Waals surface area contributed by atoms with E-state index in [1.54, 1.807) is 6.92 Å². The molecule has 0 aromatic carbocycles. The van der Waals surface area contributed by atoms with Gasteiger partial charge in [0, 0.05) is 19.6 Å². The van der Waals surface area contributed by atoms with E-state index < -0.39 is 5.97 Å². The van der Waals surface area contributed by atoms with Gasteiger partial charge >= 0.3 is 5.97 Å². The Labute approximate surface area is 105 Å². The summed E-state index contributed by atoms with van der Waals surface area (Å²) < 4.78 is 11.6. The number of aromatic nitrogens is 4. The average Bonchev–Trinajstić information content (AvgIpc) is 2.86. The fourth-order valence-corrected chi connectivity index (χ4v) is 1.76. The van der Waals surface area contributed by atoms with Crippen molar-refractivity contribution < 1.29 is 14.3 Å². The van der Waals surface area contributed by atoms with Gasteiger partial charge in [-0.05, 0) is 17.4 Å². The molecule has 1 aromatic rings. The first-order chi connectivity index (χ1) is 8.81. The Morgan fingerprint density at radius 2 is 2.17 bits per heavy atom. The van der Waals surface area contributed by atoms with Crippen LogP contribution in [-0.4, -0.2) is 70.5 Å². The first-order valence-electron chi connectivity index (χ1n) is 6.04. The highest BCUT2D eigenvalue weighted by Gasteiger charge is 2.17. The number of ether oxygens (including phenoxy) is 2. The van der Waals surface area contributed by atoms with E-state index in [1.165, 1.54) is 4.68 Å². The quantitative estimate of drug-likeness (QED) is 0.636. The van der Waals surface area contributed by atoms with Gasteiger partial charge in [0.05, 0.1) is 26.4 Å². The number of carbonyl (C=O) groups is 1. The number of hydrogen-bond donors (Lipinski definition) is 0. The summed E-state index contributed by atoms with van der Waals surface area (Å²) in [6.45, 7) is 6.73. The lowest BCUT2D eigenvalue weighted by Crippen LogP contribution is -2.38. The maximum atomic E-state index is 11.6. The number of nitrogens with zero attached hydrogens (tertiary/aromatic N) is 5. The molecule has 1 aliphatic heterocycles. The molecule has 0 saturated carbocycles. The molecule has 1 fully saturated rings. The molecule has 2 rings (SSSR count). The molecular weight excluding hydrogens is 238 g/mol. The van der Waals surface area contributed by atoms with Crippen molar-refractivity contribution in [1.29, 1.82) is 0 Å². The van der Waals surface area contributed by atoms with Crippen LogP contribution in [0.3, 0.4) is 0 Å². The predicted molar refractivity (Wildman–Crippen MR) is 61.0 cm³/mol. The maximum absolute atomic E-state index is 11.6. The summed E-state index contributed by atoms with van der Waals surface area (Å²) in [5.41, 5.74) is 0. The van der Waals surface area contributed by atoms with Crippen molar-refractivity contribution in [3.05, 3.63) is 5.82 Å². The van der Waals surface area contributed by atoms with Crippen molar-refractivity contribution in [3.8, 4) is 0 Å².